The van der Waals surface area contributed by atoms with Crippen LogP contribution in [-0.2, 0) is 19.6 Å². The Morgan fingerprint density at radius 1 is 0.705 bits per heavy atom. The zero-order valence-corrected chi connectivity index (χ0v) is 25.8. The van der Waals surface area contributed by atoms with Gasteiger partial charge in [-0.1, -0.05) is 80.3 Å². The fraction of sp³-hybridized carbons (Fsp3) is 0.385. The van der Waals surface area contributed by atoms with E-state index in [0.717, 1.165) is 36.3 Å². The molecule has 0 atom stereocenters. The van der Waals surface area contributed by atoms with Crippen molar-refractivity contribution in [1.29, 1.82) is 0 Å². The first kappa shape index (κ1) is 30.1. The molecule has 0 aliphatic heterocycles. The lowest BCUT2D eigenvalue weighted by atomic mass is 9.95. The highest BCUT2D eigenvalue weighted by Gasteiger charge is 2.19. The molecule has 1 heterocycles. The lowest BCUT2D eigenvalue weighted by Gasteiger charge is -2.24. The summed E-state index contributed by atoms with van der Waals surface area (Å²) in [5.41, 5.74) is 6.48. The van der Waals surface area contributed by atoms with Crippen LogP contribution in [0.2, 0.25) is 0 Å². The number of carbonyl (C=O) groups excluding carboxylic acids is 1. The Hall–Kier alpha value is -3.96. The monoisotopic (exact) mass is 587 g/mol. The Kier molecular flexibility index (Phi) is 10.4. The Morgan fingerprint density at radius 3 is 1.95 bits per heavy atom. The molecule has 0 spiro atoms. The summed E-state index contributed by atoms with van der Waals surface area (Å²) >= 11 is 0. The van der Waals surface area contributed by atoms with Crippen molar-refractivity contribution in [2.45, 2.75) is 96.0 Å². The first-order chi connectivity index (χ1) is 21.7. The lowest BCUT2D eigenvalue weighted by molar-refractivity contribution is 0.0729. The number of rotatable bonds is 11. The standard InChI is InChI=1S/C39H45N3O2/c43-39(35-21-23-38(24-22-35)44-37-11-5-2-6-12-37)42(29-32-8-7-25-40-26-32)28-31-15-19-34(20-16-31)33-17-13-30(14-18-33)27-41-36-9-3-1-4-10-36/h7-8,13-26,36-37,41H,1-6,9-12,27-29H2. The minimum atomic E-state index is -0.000397. The summed E-state index contributed by atoms with van der Waals surface area (Å²) < 4.78 is 6.20. The van der Waals surface area contributed by atoms with Crippen LogP contribution >= 0.6 is 0 Å². The summed E-state index contributed by atoms with van der Waals surface area (Å²) in [7, 11) is 0. The Bertz CT molecular complexity index is 1440. The average molecular weight is 588 g/mol. The molecule has 2 aliphatic carbocycles. The highest BCUT2D eigenvalue weighted by molar-refractivity contribution is 5.94. The molecule has 0 unspecified atom stereocenters. The smallest absolute Gasteiger partial charge is 0.254 e. The molecule has 4 aromatic rings. The van der Waals surface area contributed by atoms with Gasteiger partial charge in [-0.25, -0.2) is 0 Å². The molecule has 5 heteroatoms. The molecule has 2 fully saturated rings. The fourth-order valence-electron chi connectivity index (χ4n) is 6.55. The molecule has 1 N–H and O–H groups in total. The van der Waals surface area contributed by atoms with Gasteiger partial charge in [-0.2, -0.15) is 0 Å². The van der Waals surface area contributed by atoms with Crippen molar-refractivity contribution in [3.05, 3.63) is 120 Å². The van der Waals surface area contributed by atoms with Gasteiger partial charge in [0.25, 0.3) is 5.91 Å². The molecule has 2 aliphatic rings. The number of amides is 1. The lowest BCUT2D eigenvalue weighted by Crippen LogP contribution is -2.30. The number of carbonyl (C=O) groups is 1. The van der Waals surface area contributed by atoms with E-state index in [2.05, 4.69) is 58.8 Å². The molecule has 5 nitrogen and oxygen atoms in total. The highest BCUT2D eigenvalue weighted by Crippen LogP contribution is 2.25. The molecule has 6 rings (SSSR count). The van der Waals surface area contributed by atoms with Crippen LogP contribution in [-0.4, -0.2) is 27.9 Å². The molecular weight excluding hydrogens is 542 g/mol. The summed E-state index contributed by atoms with van der Waals surface area (Å²) in [6.07, 6.45) is 16.6. The van der Waals surface area contributed by atoms with Gasteiger partial charge in [0.2, 0.25) is 0 Å². The summed E-state index contributed by atoms with van der Waals surface area (Å²) in [6, 6.07) is 29.8. The highest BCUT2D eigenvalue weighted by atomic mass is 16.5. The van der Waals surface area contributed by atoms with E-state index < -0.39 is 0 Å². The Balaban J connectivity index is 1.10. The quantitative estimate of drug-likeness (QED) is 0.191. The zero-order chi connectivity index (χ0) is 30.0. The predicted molar refractivity (Wildman–Crippen MR) is 177 cm³/mol. The number of hydrogen-bond donors (Lipinski definition) is 1. The third-order valence-corrected chi connectivity index (χ3v) is 9.15. The van der Waals surface area contributed by atoms with Crippen molar-refractivity contribution in [3.63, 3.8) is 0 Å². The van der Waals surface area contributed by atoms with Gasteiger partial charge in [0.1, 0.15) is 5.75 Å². The number of ether oxygens (including phenoxy) is 1. The van der Waals surface area contributed by atoms with Crippen molar-refractivity contribution in [3.8, 4) is 16.9 Å². The van der Waals surface area contributed by atoms with E-state index in [4.69, 9.17) is 4.74 Å². The minimum Gasteiger partial charge on any atom is -0.490 e. The molecule has 0 saturated heterocycles. The third-order valence-electron chi connectivity index (χ3n) is 9.15. The van der Waals surface area contributed by atoms with Gasteiger partial charge >= 0.3 is 0 Å². The summed E-state index contributed by atoms with van der Waals surface area (Å²) in [5.74, 6) is 0.843. The SMILES string of the molecule is O=C(c1ccc(OC2CCCCC2)cc1)N(Cc1ccc(-c2ccc(CNC3CCCCC3)cc2)cc1)Cc1cccnc1. The van der Waals surface area contributed by atoms with Gasteiger partial charge in [0, 0.05) is 43.6 Å². The third kappa shape index (κ3) is 8.35. The normalized spacial score (nSPS) is 16.0. The van der Waals surface area contributed by atoms with Crippen LogP contribution in [0.5, 0.6) is 5.75 Å². The second kappa shape index (κ2) is 15.2. The average Bonchev–Trinajstić information content (AvgIpc) is 3.09. The molecular formula is C39H45N3O2. The van der Waals surface area contributed by atoms with E-state index in [1.165, 1.54) is 68.1 Å². The second-order valence-corrected chi connectivity index (χ2v) is 12.5. The van der Waals surface area contributed by atoms with E-state index in [1.54, 1.807) is 6.20 Å². The molecule has 44 heavy (non-hydrogen) atoms. The number of nitrogens with one attached hydrogen (secondary N) is 1. The van der Waals surface area contributed by atoms with Crippen molar-refractivity contribution < 1.29 is 9.53 Å². The van der Waals surface area contributed by atoms with Crippen LogP contribution in [0.3, 0.4) is 0 Å². The maximum atomic E-state index is 13.8. The number of pyridine rings is 1. The van der Waals surface area contributed by atoms with Gasteiger partial charge < -0.3 is 15.0 Å². The molecule has 1 aromatic heterocycles. The van der Waals surface area contributed by atoms with E-state index in [9.17, 15) is 4.79 Å². The van der Waals surface area contributed by atoms with Crippen molar-refractivity contribution in [2.24, 2.45) is 0 Å². The maximum Gasteiger partial charge on any atom is 0.254 e. The van der Waals surface area contributed by atoms with Crippen molar-refractivity contribution in [2.75, 3.05) is 0 Å². The van der Waals surface area contributed by atoms with Gasteiger partial charge in [-0.15, -0.1) is 0 Å². The van der Waals surface area contributed by atoms with Crippen LogP contribution in [0, 0.1) is 0 Å². The first-order valence-corrected chi connectivity index (χ1v) is 16.6. The van der Waals surface area contributed by atoms with Crippen LogP contribution in [0.4, 0.5) is 0 Å². The van der Waals surface area contributed by atoms with Crippen LogP contribution in [0.15, 0.2) is 97.3 Å². The van der Waals surface area contributed by atoms with Gasteiger partial charge in [0.05, 0.1) is 6.10 Å². The fourth-order valence-corrected chi connectivity index (χ4v) is 6.55. The van der Waals surface area contributed by atoms with E-state index in [1.807, 2.05) is 47.5 Å². The first-order valence-electron chi connectivity index (χ1n) is 16.6. The van der Waals surface area contributed by atoms with E-state index in [-0.39, 0.29) is 12.0 Å². The molecule has 0 radical (unpaired) electrons. The largest absolute Gasteiger partial charge is 0.490 e. The predicted octanol–water partition coefficient (Wildman–Crippen LogP) is 8.73. The molecule has 3 aromatic carbocycles. The van der Waals surface area contributed by atoms with Gasteiger partial charge in [-0.05, 0) is 96.7 Å². The van der Waals surface area contributed by atoms with Gasteiger partial charge in [0.15, 0.2) is 0 Å². The number of hydrogen-bond acceptors (Lipinski definition) is 4. The van der Waals surface area contributed by atoms with Crippen LogP contribution < -0.4 is 10.1 Å². The number of nitrogens with zero attached hydrogens (tertiary/aromatic N) is 2. The number of aromatic nitrogens is 1. The summed E-state index contributed by atoms with van der Waals surface area (Å²) in [6.45, 7) is 1.94. The summed E-state index contributed by atoms with van der Waals surface area (Å²) in [5, 5.41) is 3.74. The van der Waals surface area contributed by atoms with Crippen LogP contribution in [0.1, 0.15) is 91.3 Å². The zero-order valence-electron chi connectivity index (χ0n) is 25.8. The van der Waals surface area contributed by atoms with Crippen molar-refractivity contribution >= 4 is 5.91 Å². The molecule has 228 valence electrons. The Labute approximate surface area is 262 Å². The van der Waals surface area contributed by atoms with Crippen molar-refractivity contribution in [1.82, 2.24) is 15.2 Å². The second-order valence-electron chi connectivity index (χ2n) is 12.5. The Morgan fingerprint density at radius 2 is 1.32 bits per heavy atom. The molecule has 1 amide bonds. The van der Waals surface area contributed by atoms with E-state index >= 15 is 0 Å². The summed E-state index contributed by atoms with van der Waals surface area (Å²) in [4.78, 5) is 20.0. The molecule has 0 bridgehead atoms. The minimum absolute atomic E-state index is 0.000397. The van der Waals surface area contributed by atoms with E-state index in [0.29, 0.717) is 24.7 Å². The molecule has 2 saturated carbocycles. The van der Waals surface area contributed by atoms with Crippen LogP contribution in [0.25, 0.3) is 11.1 Å². The topological polar surface area (TPSA) is 54.5 Å². The van der Waals surface area contributed by atoms with Gasteiger partial charge in [-0.3, -0.25) is 9.78 Å². The number of benzene rings is 3. The maximum absolute atomic E-state index is 13.8.